The van der Waals surface area contributed by atoms with Crippen LogP contribution in [0.4, 0.5) is 0 Å². The van der Waals surface area contributed by atoms with Crippen LogP contribution in [0.25, 0.3) is 0 Å². The highest BCUT2D eigenvalue weighted by molar-refractivity contribution is 6.17. The van der Waals surface area contributed by atoms with Crippen molar-refractivity contribution in [2.24, 2.45) is 11.8 Å². The number of ketones is 2. The van der Waals surface area contributed by atoms with Crippen LogP contribution in [0, 0.1) is 11.8 Å². The van der Waals surface area contributed by atoms with Crippen LogP contribution >= 0.6 is 11.6 Å². The average molecular weight is 543 g/mol. The van der Waals surface area contributed by atoms with Crippen molar-refractivity contribution in [3.63, 3.8) is 0 Å². The van der Waals surface area contributed by atoms with E-state index in [1.165, 1.54) is 12.8 Å². The predicted molar refractivity (Wildman–Crippen MR) is 153 cm³/mol. The Labute approximate surface area is 234 Å². The van der Waals surface area contributed by atoms with Crippen molar-refractivity contribution in [1.29, 1.82) is 0 Å². The molecule has 0 aromatic heterocycles. The van der Waals surface area contributed by atoms with E-state index in [1.54, 1.807) is 0 Å². The highest BCUT2D eigenvalue weighted by Crippen LogP contribution is 2.43. The van der Waals surface area contributed by atoms with E-state index in [9.17, 15) is 14.4 Å². The first-order valence-corrected chi connectivity index (χ1v) is 15.5. The number of halogens is 1. The normalized spacial score (nSPS) is 27.3. The summed E-state index contributed by atoms with van der Waals surface area (Å²) in [4.78, 5) is 43.2. The lowest BCUT2D eigenvalue weighted by molar-refractivity contribution is -0.174. The number of alkyl halides is 1. The Hall–Kier alpha value is -1.72. The minimum absolute atomic E-state index is 0.0152. The molecule has 0 unspecified atom stereocenters. The number of hydrogen-bond donors (Lipinski definition) is 1. The molecule has 0 spiro atoms. The fourth-order valence-electron chi connectivity index (χ4n) is 7.19. The second kappa shape index (κ2) is 12.2. The number of benzene rings is 1. The van der Waals surface area contributed by atoms with Gasteiger partial charge in [0, 0.05) is 29.4 Å². The van der Waals surface area contributed by atoms with Gasteiger partial charge in [0.1, 0.15) is 0 Å². The van der Waals surface area contributed by atoms with E-state index in [4.69, 9.17) is 11.6 Å². The molecular formula is C32H47ClN2O3. The number of fused-ring (bicyclic) bond motifs is 1. The van der Waals surface area contributed by atoms with Gasteiger partial charge in [0.05, 0.1) is 17.0 Å². The molecule has 2 saturated carbocycles. The van der Waals surface area contributed by atoms with Gasteiger partial charge in [-0.2, -0.15) is 0 Å². The molecular weight excluding hydrogens is 496 g/mol. The zero-order valence-corrected chi connectivity index (χ0v) is 24.6. The second-order valence-corrected chi connectivity index (χ2v) is 13.2. The molecule has 1 amide bonds. The molecule has 0 radical (unpaired) electrons. The summed E-state index contributed by atoms with van der Waals surface area (Å²) in [5.41, 5.74) is -0.0418. The van der Waals surface area contributed by atoms with Crippen LogP contribution in [0.1, 0.15) is 121 Å². The summed E-state index contributed by atoms with van der Waals surface area (Å²) in [6.45, 7) is 7.78. The molecule has 0 bridgehead atoms. The van der Waals surface area contributed by atoms with Gasteiger partial charge in [-0.15, -0.1) is 11.6 Å². The number of β-lactam (4-membered cyclic amide) rings is 1. The molecule has 38 heavy (non-hydrogen) atoms. The van der Waals surface area contributed by atoms with Crippen molar-refractivity contribution in [2.75, 3.05) is 0 Å². The average Bonchev–Trinajstić information content (AvgIpc) is 2.86. The molecule has 3 aliphatic rings. The first-order chi connectivity index (χ1) is 18.1. The number of likely N-dealkylation sites (tertiary alicyclic amines) is 1. The van der Waals surface area contributed by atoms with Crippen molar-refractivity contribution in [3.05, 3.63) is 35.4 Å². The fraction of sp³-hybridized carbons (Fsp3) is 0.719. The number of carbonyl (C=O) groups excluding carboxylic acids is 3. The molecule has 1 aromatic rings. The van der Waals surface area contributed by atoms with E-state index in [1.807, 2.05) is 56.9 Å². The first kappa shape index (κ1) is 29.3. The van der Waals surface area contributed by atoms with Crippen LogP contribution in [0.5, 0.6) is 0 Å². The van der Waals surface area contributed by atoms with Crippen LogP contribution in [0.3, 0.4) is 0 Å². The van der Waals surface area contributed by atoms with Crippen molar-refractivity contribution in [2.45, 2.75) is 134 Å². The SMILES string of the molecule is CC(C)(N[C@H]1CCCCCC[C@H]1C(=O)C(C)(C)N1C(=O)[C@@H]2CCCCCC[C@@H]21)C(=O)c1ccc(CCl)cc1. The van der Waals surface area contributed by atoms with Crippen LogP contribution in [0.15, 0.2) is 24.3 Å². The van der Waals surface area contributed by atoms with Crippen LogP contribution in [0.2, 0.25) is 0 Å². The standard InChI is InChI=1S/C32H47ClN2O3/c1-31(2,28(36)23-19-17-22(21-33)18-20-23)34-26-15-11-7-5-9-13-24(26)29(37)32(3,4)35-27-16-12-8-6-10-14-25(27)30(35)38/h17-20,24-27,34H,5-16,21H2,1-4H3/t24-,25-,26+,27+/m1/s1. The quantitative estimate of drug-likeness (QED) is 0.222. The molecule has 1 aliphatic heterocycles. The Balaban J connectivity index is 1.54. The molecule has 2 aliphatic carbocycles. The number of nitrogens with zero attached hydrogens (tertiary/aromatic N) is 1. The highest BCUT2D eigenvalue weighted by Gasteiger charge is 2.56. The lowest BCUT2D eigenvalue weighted by atomic mass is 9.71. The fourth-order valence-corrected chi connectivity index (χ4v) is 7.37. The van der Waals surface area contributed by atoms with E-state index in [0.717, 1.165) is 69.8 Å². The summed E-state index contributed by atoms with van der Waals surface area (Å²) in [7, 11) is 0. The third kappa shape index (κ3) is 6.04. The summed E-state index contributed by atoms with van der Waals surface area (Å²) < 4.78 is 0. The van der Waals surface area contributed by atoms with Crippen LogP contribution < -0.4 is 5.32 Å². The molecule has 6 heteroatoms. The molecule has 4 atom stereocenters. The number of carbonyl (C=O) groups is 3. The van der Waals surface area contributed by atoms with E-state index in [2.05, 4.69) is 5.32 Å². The van der Waals surface area contributed by atoms with E-state index < -0.39 is 11.1 Å². The molecule has 1 heterocycles. The van der Waals surface area contributed by atoms with Gasteiger partial charge in [-0.3, -0.25) is 14.4 Å². The number of hydrogen-bond acceptors (Lipinski definition) is 4. The highest BCUT2D eigenvalue weighted by atomic mass is 35.5. The van der Waals surface area contributed by atoms with Gasteiger partial charge in [0.25, 0.3) is 0 Å². The zero-order valence-electron chi connectivity index (χ0n) is 23.9. The summed E-state index contributed by atoms with van der Waals surface area (Å²) in [6.07, 6.45) is 12.6. The Morgan fingerprint density at radius 1 is 0.868 bits per heavy atom. The zero-order chi connectivity index (χ0) is 27.5. The van der Waals surface area contributed by atoms with Gasteiger partial charge in [-0.25, -0.2) is 0 Å². The van der Waals surface area contributed by atoms with Gasteiger partial charge in [0.2, 0.25) is 5.91 Å². The summed E-state index contributed by atoms with van der Waals surface area (Å²) >= 11 is 5.93. The number of rotatable bonds is 8. The summed E-state index contributed by atoms with van der Waals surface area (Å²) in [5.74, 6) is 0.619. The summed E-state index contributed by atoms with van der Waals surface area (Å²) in [5, 5.41) is 3.65. The third-order valence-corrected chi connectivity index (χ3v) is 9.72. The van der Waals surface area contributed by atoms with Gasteiger partial charge < -0.3 is 10.2 Å². The largest absolute Gasteiger partial charge is 0.326 e. The van der Waals surface area contributed by atoms with Crippen molar-refractivity contribution >= 4 is 29.1 Å². The topological polar surface area (TPSA) is 66.5 Å². The number of nitrogens with one attached hydrogen (secondary N) is 1. The Kier molecular flexibility index (Phi) is 9.40. The predicted octanol–water partition coefficient (Wildman–Crippen LogP) is 6.84. The van der Waals surface area contributed by atoms with E-state index >= 15 is 0 Å². The maximum absolute atomic E-state index is 14.4. The Bertz CT molecular complexity index is 1000. The molecule has 4 rings (SSSR count). The molecule has 1 aromatic carbocycles. The van der Waals surface area contributed by atoms with Crippen LogP contribution in [-0.2, 0) is 15.5 Å². The van der Waals surface area contributed by atoms with Crippen LogP contribution in [-0.4, -0.2) is 45.5 Å². The molecule has 1 saturated heterocycles. The molecule has 5 nitrogen and oxygen atoms in total. The molecule has 1 N–H and O–H groups in total. The smallest absolute Gasteiger partial charge is 0.228 e. The second-order valence-electron chi connectivity index (χ2n) is 12.9. The number of Topliss-reactive ketones (excluding diaryl/α,β-unsaturated/α-hetero) is 2. The first-order valence-electron chi connectivity index (χ1n) is 14.9. The Morgan fingerprint density at radius 2 is 1.45 bits per heavy atom. The Morgan fingerprint density at radius 3 is 2.08 bits per heavy atom. The van der Waals surface area contributed by atoms with Gasteiger partial charge in [0.15, 0.2) is 11.6 Å². The lowest BCUT2D eigenvalue weighted by Gasteiger charge is -2.56. The van der Waals surface area contributed by atoms with Gasteiger partial charge >= 0.3 is 0 Å². The monoisotopic (exact) mass is 542 g/mol. The van der Waals surface area contributed by atoms with Gasteiger partial charge in [-0.05, 0) is 58.9 Å². The summed E-state index contributed by atoms with van der Waals surface area (Å²) in [6, 6.07) is 7.56. The third-order valence-electron chi connectivity index (χ3n) is 9.41. The van der Waals surface area contributed by atoms with Gasteiger partial charge in [-0.1, -0.05) is 75.6 Å². The minimum atomic E-state index is -0.840. The van der Waals surface area contributed by atoms with E-state index in [0.29, 0.717) is 11.4 Å². The van der Waals surface area contributed by atoms with Crippen molar-refractivity contribution in [1.82, 2.24) is 10.2 Å². The van der Waals surface area contributed by atoms with E-state index in [-0.39, 0.29) is 41.4 Å². The maximum Gasteiger partial charge on any atom is 0.228 e. The maximum atomic E-state index is 14.4. The lowest BCUT2D eigenvalue weighted by Crippen LogP contribution is -2.71. The minimum Gasteiger partial charge on any atom is -0.326 e. The van der Waals surface area contributed by atoms with Crippen molar-refractivity contribution < 1.29 is 14.4 Å². The number of amides is 1. The van der Waals surface area contributed by atoms with Crippen molar-refractivity contribution in [3.8, 4) is 0 Å². The molecule has 3 fully saturated rings. The molecule has 210 valence electrons.